The molecular formula is C18H17NO2S2. The molecule has 1 saturated carbocycles. The fraction of sp³-hybridized carbons (Fsp3) is 0.278. The summed E-state index contributed by atoms with van der Waals surface area (Å²) < 4.78 is 23.2. The number of sulfone groups is 1. The third-order valence-electron chi connectivity index (χ3n) is 4.42. The third kappa shape index (κ3) is 2.68. The van der Waals surface area contributed by atoms with Crippen LogP contribution in [0.2, 0.25) is 0 Å². The van der Waals surface area contributed by atoms with Gasteiger partial charge in [0.1, 0.15) is 0 Å². The monoisotopic (exact) mass is 343 g/mol. The summed E-state index contributed by atoms with van der Waals surface area (Å²) in [5, 5.41) is 2.16. The van der Waals surface area contributed by atoms with E-state index >= 15 is 0 Å². The van der Waals surface area contributed by atoms with Gasteiger partial charge < -0.3 is 0 Å². The van der Waals surface area contributed by atoms with E-state index in [1.54, 1.807) is 17.4 Å². The molecular weight excluding hydrogens is 326 g/mol. The molecule has 0 aliphatic heterocycles. The highest BCUT2D eigenvalue weighted by atomic mass is 32.2. The Bertz CT molecular complexity index is 943. The first kappa shape index (κ1) is 14.8. The molecule has 2 aromatic rings. The van der Waals surface area contributed by atoms with E-state index in [9.17, 15) is 8.42 Å². The molecule has 0 N–H and O–H groups in total. The first-order valence-electron chi connectivity index (χ1n) is 7.54. The van der Waals surface area contributed by atoms with E-state index < -0.39 is 9.84 Å². The molecule has 5 heteroatoms. The standard InChI is InChI=1S/C18H17NO2S2/c1-12-7-17(22-11-12)15-9-18(5-6-18)8-14(15)16-4-3-13(10-19-16)23(2,20)21/h3-4,7-11H,5-6H2,1-2H3. The van der Waals surface area contributed by atoms with Crippen LogP contribution in [-0.4, -0.2) is 19.7 Å². The highest BCUT2D eigenvalue weighted by Crippen LogP contribution is 2.57. The fourth-order valence-electron chi connectivity index (χ4n) is 2.95. The predicted octanol–water partition coefficient (Wildman–Crippen LogP) is 4.12. The lowest BCUT2D eigenvalue weighted by Gasteiger charge is -2.07. The second-order valence-corrected chi connectivity index (χ2v) is 9.42. The number of aromatic nitrogens is 1. The van der Waals surface area contributed by atoms with Crippen molar-refractivity contribution in [2.24, 2.45) is 5.41 Å². The van der Waals surface area contributed by atoms with Gasteiger partial charge in [-0.25, -0.2) is 8.42 Å². The Kier molecular flexibility index (Phi) is 3.15. The number of pyridine rings is 1. The van der Waals surface area contributed by atoms with Crippen LogP contribution >= 0.6 is 11.3 Å². The van der Waals surface area contributed by atoms with Crippen LogP contribution in [0.15, 0.2) is 46.8 Å². The summed E-state index contributed by atoms with van der Waals surface area (Å²) in [4.78, 5) is 5.94. The molecule has 0 bridgehead atoms. The van der Waals surface area contributed by atoms with Gasteiger partial charge in [0.2, 0.25) is 0 Å². The number of nitrogens with zero attached hydrogens (tertiary/aromatic N) is 1. The fourth-order valence-corrected chi connectivity index (χ4v) is 4.44. The molecule has 1 fully saturated rings. The van der Waals surface area contributed by atoms with E-state index in [0.717, 1.165) is 11.3 Å². The Hall–Kier alpha value is -1.72. The van der Waals surface area contributed by atoms with E-state index in [-0.39, 0.29) is 10.3 Å². The van der Waals surface area contributed by atoms with Crippen LogP contribution in [0.1, 0.15) is 29.0 Å². The molecule has 2 aromatic heterocycles. The second kappa shape index (κ2) is 4.89. The maximum Gasteiger partial charge on any atom is 0.177 e. The molecule has 0 saturated heterocycles. The SMILES string of the molecule is Cc1csc(C2=CC3(C=C2c2ccc(S(C)(=O)=O)cn2)CC3)c1. The molecule has 2 aliphatic rings. The minimum Gasteiger partial charge on any atom is -0.255 e. The van der Waals surface area contributed by atoms with Crippen molar-refractivity contribution < 1.29 is 8.42 Å². The van der Waals surface area contributed by atoms with Gasteiger partial charge in [-0.05, 0) is 54.5 Å². The van der Waals surface area contributed by atoms with Crippen molar-refractivity contribution in [2.75, 3.05) is 6.26 Å². The summed E-state index contributed by atoms with van der Waals surface area (Å²) in [5.41, 5.74) is 4.69. The van der Waals surface area contributed by atoms with Gasteiger partial charge in [0.15, 0.2) is 9.84 Å². The molecule has 0 atom stereocenters. The van der Waals surface area contributed by atoms with Crippen molar-refractivity contribution in [3.05, 3.63) is 58.1 Å². The van der Waals surface area contributed by atoms with Crippen LogP contribution in [0.3, 0.4) is 0 Å². The van der Waals surface area contributed by atoms with E-state index in [1.165, 1.54) is 41.3 Å². The summed E-state index contributed by atoms with van der Waals surface area (Å²) in [6.07, 6.45) is 9.70. The smallest absolute Gasteiger partial charge is 0.177 e. The Balaban J connectivity index is 1.77. The maximum absolute atomic E-state index is 11.6. The van der Waals surface area contributed by atoms with Crippen LogP contribution < -0.4 is 0 Å². The lowest BCUT2D eigenvalue weighted by Crippen LogP contribution is -1.99. The summed E-state index contributed by atoms with van der Waals surface area (Å²) in [6, 6.07) is 5.67. The minimum absolute atomic E-state index is 0.208. The highest BCUT2D eigenvalue weighted by Gasteiger charge is 2.43. The molecule has 0 amide bonds. The molecule has 118 valence electrons. The molecule has 0 aromatic carbocycles. The van der Waals surface area contributed by atoms with Crippen molar-refractivity contribution in [3.63, 3.8) is 0 Å². The van der Waals surface area contributed by atoms with Gasteiger partial charge in [-0.3, -0.25) is 4.98 Å². The average molecular weight is 343 g/mol. The van der Waals surface area contributed by atoms with Gasteiger partial charge in [-0.15, -0.1) is 11.3 Å². The molecule has 2 heterocycles. The van der Waals surface area contributed by atoms with E-state index in [4.69, 9.17) is 0 Å². The van der Waals surface area contributed by atoms with Crippen molar-refractivity contribution in [1.82, 2.24) is 4.98 Å². The Labute approximate surface area is 140 Å². The van der Waals surface area contributed by atoms with Crippen molar-refractivity contribution in [1.29, 1.82) is 0 Å². The number of thiophene rings is 1. The van der Waals surface area contributed by atoms with Gasteiger partial charge in [0, 0.05) is 28.3 Å². The molecule has 0 unspecified atom stereocenters. The van der Waals surface area contributed by atoms with E-state index in [2.05, 4.69) is 35.5 Å². The lowest BCUT2D eigenvalue weighted by atomic mass is 10.0. The molecule has 2 aliphatic carbocycles. The first-order chi connectivity index (χ1) is 10.9. The van der Waals surface area contributed by atoms with Crippen LogP contribution in [0.25, 0.3) is 11.1 Å². The Morgan fingerprint density at radius 1 is 1.17 bits per heavy atom. The summed E-state index contributed by atoms with van der Waals surface area (Å²) in [5.74, 6) is 0. The van der Waals surface area contributed by atoms with Gasteiger partial charge in [-0.1, -0.05) is 12.2 Å². The number of hydrogen-bond donors (Lipinski definition) is 0. The number of hydrogen-bond acceptors (Lipinski definition) is 4. The van der Waals surface area contributed by atoms with Crippen LogP contribution in [0, 0.1) is 12.3 Å². The van der Waals surface area contributed by atoms with E-state index in [1.807, 2.05) is 6.07 Å². The molecule has 4 rings (SSSR count). The zero-order valence-electron chi connectivity index (χ0n) is 13.0. The topological polar surface area (TPSA) is 47.0 Å². The lowest BCUT2D eigenvalue weighted by molar-refractivity contribution is 0.601. The summed E-state index contributed by atoms with van der Waals surface area (Å²) in [6.45, 7) is 2.10. The number of aryl methyl sites for hydroxylation is 1. The van der Waals surface area contributed by atoms with E-state index in [0.29, 0.717) is 0 Å². The summed E-state index contributed by atoms with van der Waals surface area (Å²) in [7, 11) is -3.21. The molecule has 23 heavy (non-hydrogen) atoms. The van der Waals surface area contributed by atoms with Crippen molar-refractivity contribution >= 4 is 32.3 Å². The third-order valence-corrected chi connectivity index (χ3v) is 6.60. The van der Waals surface area contributed by atoms with Crippen molar-refractivity contribution in [3.8, 4) is 0 Å². The Morgan fingerprint density at radius 3 is 2.43 bits per heavy atom. The molecule has 1 spiro atoms. The summed E-state index contributed by atoms with van der Waals surface area (Å²) >= 11 is 1.75. The number of allylic oxidation sites excluding steroid dienone is 4. The van der Waals surface area contributed by atoms with Crippen LogP contribution in [-0.2, 0) is 9.84 Å². The maximum atomic E-state index is 11.6. The normalized spacial score (nSPS) is 18.9. The highest BCUT2D eigenvalue weighted by molar-refractivity contribution is 7.90. The molecule has 0 radical (unpaired) electrons. The quantitative estimate of drug-likeness (QED) is 0.842. The number of rotatable bonds is 3. The minimum atomic E-state index is -3.21. The zero-order chi connectivity index (χ0) is 16.2. The van der Waals surface area contributed by atoms with Gasteiger partial charge in [-0.2, -0.15) is 0 Å². The van der Waals surface area contributed by atoms with Crippen LogP contribution in [0.5, 0.6) is 0 Å². The zero-order valence-corrected chi connectivity index (χ0v) is 14.7. The predicted molar refractivity (Wildman–Crippen MR) is 94.0 cm³/mol. The van der Waals surface area contributed by atoms with Crippen molar-refractivity contribution in [2.45, 2.75) is 24.7 Å². The van der Waals surface area contributed by atoms with Crippen LogP contribution in [0.4, 0.5) is 0 Å². The first-order valence-corrected chi connectivity index (χ1v) is 10.3. The largest absolute Gasteiger partial charge is 0.255 e. The van der Waals surface area contributed by atoms with Gasteiger partial charge in [0.25, 0.3) is 0 Å². The Morgan fingerprint density at radius 2 is 1.91 bits per heavy atom. The van der Waals surface area contributed by atoms with Gasteiger partial charge >= 0.3 is 0 Å². The average Bonchev–Trinajstić information content (AvgIpc) is 2.93. The molecule has 3 nitrogen and oxygen atoms in total. The van der Waals surface area contributed by atoms with Gasteiger partial charge in [0.05, 0.1) is 10.6 Å². The second-order valence-electron chi connectivity index (χ2n) is 6.49.